The topological polar surface area (TPSA) is 121 Å². The molecule has 1 aromatic carbocycles. The number of para-hydroxylation sites is 1. The van der Waals surface area contributed by atoms with Gasteiger partial charge in [0.15, 0.2) is 5.76 Å². The van der Waals surface area contributed by atoms with E-state index in [-0.39, 0.29) is 33.9 Å². The molecule has 34 heavy (non-hydrogen) atoms. The maximum absolute atomic E-state index is 12.8. The third-order valence-electron chi connectivity index (χ3n) is 4.74. The highest BCUT2D eigenvalue weighted by atomic mass is 32.1. The summed E-state index contributed by atoms with van der Waals surface area (Å²) >= 11 is 0.911. The van der Waals surface area contributed by atoms with E-state index in [1.807, 2.05) is 24.3 Å². The van der Waals surface area contributed by atoms with Gasteiger partial charge in [0.1, 0.15) is 23.1 Å². The van der Waals surface area contributed by atoms with E-state index in [9.17, 15) is 14.4 Å². The van der Waals surface area contributed by atoms with Crippen molar-refractivity contribution in [2.45, 2.75) is 39.9 Å². The predicted octanol–water partition coefficient (Wildman–Crippen LogP) is 4.87. The van der Waals surface area contributed by atoms with Crippen molar-refractivity contribution in [3.05, 3.63) is 82.1 Å². The minimum absolute atomic E-state index is 0.0211. The number of carbonyl (C=O) groups is 3. The van der Waals surface area contributed by atoms with Crippen LogP contribution in [-0.4, -0.2) is 23.9 Å². The van der Waals surface area contributed by atoms with Crippen molar-refractivity contribution in [2.24, 2.45) is 5.73 Å². The number of esters is 1. The molecule has 0 aliphatic rings. The number of ether oxygens (including phenoxy) is 2. The minimum atomic E-state index is -0.698. The Morgan fingerprint density at radius 3 is 2.62 bits per heavy atom. The molecule has 2 aromatic heterocycles. The summed E-state index contributed by atoms with van der Waals surface area (Å²) < 4.78 is 16.7. The van der Waals surface area contributed by atoms with Crippen LogP contribution in [0.3, 0.4) is 0 Å². The van der Waals surface area contributed by atoms with Crippen LogP contribution in [0.25, 0.3) is 0 Å². The van der Waals surface area contributed by atoms with Crippen LogP contribution in [0.2, 0.25) is 0 Å². The van der Waals surface area contributed by atoms with Gasteiger partial charge in [-0.15, -0.1) is 17.9 Å². The summed E-state index contributed by atoms with van der Waals surface area (Å²) in [5.41, 5.74) is 6.85. The summed E-state index contributed by atoms with van der Waals surface area (Å²) in [6.45, 7) is 8.86. The molecule has 0 aliphatic heterocycles. The molecule has 0 spiro atoms. The lowest BCUT2D eigenvalue weighted by atomic mass is 10.1. The fraction of sp³-hybridized carbons (Fsp3) is 0.240. The van der Waals surface area contributed by atoms with Crippen LogP contribution in [0.4, 0.5) is 5.00 Å². The zero-order valence-corrected chi connectivity index (χ0v) is 20.0. The first-order chi connectivity index (χ1) is 16.2. The van der Waals surface area contributed by atoms with Gasteiger partial charge < -0.3 is 24.9 Å². The maximum Gasteiger partial charge on any atom is 0.341 e. The molecule has 0 atom stereocenters. The molecule has 0 saturated heterocycles. The Morgan fingerprint density at radius 1 is 1.21 bits per heavy atom. The highest BCUT2D eigenvalue weighted by Crippen LogP contribution is 2.34. The number of furan rings is 1. The maximum atomic E-state index is 12.8. The summed E-state index contributed by atoms with van der Waals surface area (Å²) in [4.78, 5) is 37.3. The lowest BCUT2D eigenvalue weighted by Gasteiger charge is -2.10. The third kappa shape index (κ3) is 5.74. The molecular formula is C25H26N2O6S. The number of anilines is 1. The Bertz CT molecular complexity index is 1220. The quantitative estimate of drug-likeness (QED) is 0.314. The van der Waals surface area contributed by atoms with Crippen LogP contribution >= 0.6 is 11.3 Å². The average molecular weight is 483 g/mol. The van der Waals surface area contributed by atoms with Crippen LogP contribution in [0.15, 0.2) is 53.5 Å². The van der Waals surface area contributed by atoms with Crippen molar-refractivity contribution in [3.8, 4) is 5.75 Å². The van der Waals surface area contributed by atoms with Gasteiger partial charge in [0, 0.05) is 0 Å². The lowest BCUT2D eigenvalue weighted by molar-refractivity contribution is 0.0379. The third-order valence-corrected chi connectivity index (χ3v) is 5.96. The molecule has 2 heterocycles. The van der Waals surface area contributed by atoms with Gasteiger partial charge in [-0.25, -0.2) is 4.79 Å². The van der Waals surface area contributed by atoms with Gasteiger partial charge in [0.05, 0.1) is 16.5 Å². The molecule has 0 unspecified atom stereocenters. The molecule has 8 nitrogen and oxygen atoms in total. The number of benzene rings is 1. The smallest absolute Gasteiger partial charge is 0.341 e. The van der Waals surface area contributed by atoms with Crippen LogP contribution in [0.5, 0.6) is 5.75 Å². The van der Waals surface area contributed by atoms with Gasteiger partial charge in [0.25, 0.3) is 11.8 Å². The van der Waals surface area contributed by atoms with Gasteiger partial charge in [-0.2, -0.15) is 0 Å². The van der Waals surface area contributed by atoms with Crippen molar-refractivity contribution in [1.82, 2.24) is 0 Å². The average Bonchev–Trinajstić information content (AvgIpc) is 3.37. The van der Waals surface area contributed by atoms with Crippen LogP contribution in [0, 0.1) is 6.92 Å². The summed E-state index contributed by atoms with van der Waals surface area (Å²) in [5.74, 6) is -0.777. The van der Waals surface area contributed by atoms with Gasteiger partial charge in [-0.1, -0.05) is 24.3 Å². The van der Waals surface area contributed by atoms with Crippen molar-refractivity contribution >= 4 is 34.1 Å². The van der Waals surface area contributed by atoms with E-state index in [2.05, 4.69) is 11.9 Å². The van der Waals surface area contributed by atoms with Crippen molar-refractivity contribution in [1.29, 1.82) is 0 Å². The van der Waals surface area contributed by atoms with Gasteiger partial charge in [0.2, 0.25) is 0 Å². The second kappa shape index (κ2) is 10.8. The van der Waals surface area contributed by atoms with Crippen molar-refractivity contribution in [2.75, 3.05) is 5.32 Å². The Hall–Kier alpha value is -3.85. The van der Waals surface area contributed by atoms with E-state index < -0.39 is 17.8 Å². The Kier molecular flexibility index (Phi) is 7.91. The number of hydrogen-bond acceptors (Lipinski definition) is 7. The number of nitrogens with two attached hydrogens (primary N) is 1. The highest BCUT2D eigenvalue weighted by Gasteiger charge is 2.27. The van der Waals surface area contributed by atoms with Gasteiger partial charge in [-0.3, -0.25) is 9.59 Å². The summed E-state index contributed by atoms with van der Waals surface area (Å²) in [5, 5.41) is 2.80. The largest absolute Gasteiger partial charge is 0.485 e. The predicted molar refractivity (Wildman–Crippen MR) is 129 cm³/mol. The molecule has 0 bridgehead atoms. The van der Waals surface area contributed by atoms with Crippen molar-refractivity contribution in [3.63, 3.8) is 0 Å². The van der Waals surface area contributed by atoms with E-state index in [1.165, 1.54) is 6.07 Å². The van der Waals surface area contributed by atoms with E-state index >= 15 is 0 Å². The lowest BCUT2D eigenvalue weighted by Crippen LogP contribution is -2.17. The monoisotopic (exact) mass is 482 g/mol. The molecule has 3 aromatic rings. The first kappa shape index (κ1) is 24.8. The van der Waals surface area contributed by atoms with Crippen molar-refractivity contribution < 1.29 is 28.3 Å². The number of rotatable bonds is 10. The molecule has 2 amide bonds. The summed E-state index contributed by atoms with van der Waals surface area (Å²) in [7, 11) is 0. The fourth-order valence-electron chi connectivity index (χ4n) is 3.22. The fourth-order valence-corrected chi connectivity index (χ4v) is 4.26. The van der Waals surface area contributed by atoms with Crippen LogP contribution in [-0.2, 0) is 17.8 Å². The number of allylic oxidation sites excluding steroid dienone is 1. The number of primary amides is 1. The first-order valence-corrected chi connectivity index (χ1v) is 11.4. The zero-order chi connectivity index (χ0) is 24.8. The van der Waals surface area contributed by atoms with E-state index in [0.29, 0.717) is 23.5 Å². The van der Waals surface area contributed by atoms with Gasteiger partial charge >= 0.3 is 5.97 Å². The van der Waals surface area contributed by atoms with E-state index in [0.717, 1.165) is 16.9 Å². The standard InChI is InChI=1S/C25H26N2O6S/c1-5-8-16-9-6-7-10-18(16)31-13-17-11-12-19(33-17)23(29)27-24-20(25(30)32-14(2)3)15(4)21(34-24)22(26)28/h5-7,9-12,14H,1,8,13H2,2-4H3,(H2,26,28)(H,27,29). The molecule has 0 saturated carbocycles. The highest BCUT2D eigenvalue weighted by molar-refractivity contribution is 7.18. The first-order valence-electron chi connectivity index (χ1n) is 10.6. The second-order valence-corrected chi connectivity index (χ2v) is 8.71. The Labute approximate surface area is 201 Å². The summed E-state index contributed by atoms with van der Waals surface area (Å²) in [6.07, 6.45) is 2.08. The molecule has 3 N–H and O–H groups in total. The molecular weight excluding hydrogens is 456 g/mol. The summed E-state index contributed by atoms with van der Waals surface area (Å²) in [6, 6.07) is 10.7. The SMILES string of the molecule is C=CCc1ccccc1OCc1ccc(C(=O)Nc2sc(C(N)=O)c(C)c2C(=O)OC(C)C)o1. The number of nitrogens with one attached hydrogen (secondary N) is 1. The number of carbonyl (C=O) groups excluding carboxylic acids is 3. The Morgan fingerprint density at radius 2 is 1.94 bits per heavy atom. The molecule has 0 aliphatic carbocycles. The molecule has 178 valence electrons. The molecule has 0 fully saturated rings. The van der Waals surface area contributed by atoms with Crippen LogP contribution in [0.1, 0.15) is 61.3 Å². The minimum Gasteiger partial charge on any atom is -0.485 e. The number of hydrogen-bond donors (Lipinski definition) is 2. The molecule has 9 heteroatoms. The molecule has 0 radical (unpaired) electrons. The zero-order valence-electron chi connectivity index (χ0n) is 19.2. The van der Waals surface area contributed by atoms with E-state index in [4.69, 9.17) is 19.6 Å². The number of amides is 2. The molecule has 3 rings (SSSR count). The van der Waals surface area contributed by atoms with Crippen LogP contribution < -0.4 is 15.8 Å². The van der Waals surface area contributed by atoms with E-state index in [1.54, 1.807) is 32.9 Å². The van der Waals surface area contributed by atoms with Gasteiger partial charge in [-0.05, 0) is 56.5 Å². The number of thiophene rings is 1. The second-order valence-electron chi connectivity index (χ2n) is 7.69. The normalized spacial score (nSPS) is 10.7. The Balaban J connectivity index is 1.76.